The summed E-state index contributed by atoms with van der Waals surface area (Å²) in [5, 5.41) is 19.6. The van der Waals surface area contributed by atoms with Crippen LogP contribution in [0.15, 0.2) is 77.8 Å². The molecule has 1 unspecified atom stereocenters. The van der Waals surface area contributed by atoms with Crippen LogP contribution in [-0.4, -0.2) is 39.7 Å². The van der Waals surface area contributed by atoms with Crippen LogP contribution < -0.4 is 9.80 Å². The molecule has 0 spiro atoms. The van der Waals surface area contributed by atoms with Gasteiger partial charge in [0, 0.05) is 7.05 Å². The Bertz CT molecular complexity index is 1490. The number of amides is 3. The largest absolute Gasteiger partial charge is 0.337 e. The van der Waals surface area contributed by atoms with Crippen LogP contribution in [0, 0.1) is 28.5 Å². The Hall–Kier alpha value is -4.15. The van der Waals surface area contributed by atoms with Gasteiger partial charge in [-0.25, -0.2) is 19.1 Å². The molecule has 4 rings (SSSR count). The first-order valence-electron chi connectivity index (χ1n) is 10.9. The second kappa shape index (κ2) is 10.7. The van der Waals surface area contributed by atoms with Crippen molar-refractivity contribution >= 4 is 69.6 Å². The van der Waals surface area contributed by atoms with Crippen molar-refractivity contribution < 1.29 is 14.0 Å². The Kier molecular flexibility index (Phi) is 7.56. The van der Waals surface area contributed by atoms with E-state index in [-0.39, 0.29) is 28.2 Å². The third-order valence-corrected chi connectivity index (χ3v) is 6.21. The summed E-state index contributed by atoms with van der Waals surface area (Å²) < 4.78 is 12.5. The highest BCUT2D eigenvalue weighted by molar-refractivity contribution is 6.68. The van der Waals surface area contributed by atoms with E-state index in [1.165, 1.54) is 42.3 Å². The molecule has 38 heavy (non-hydrogen) atoms. The lowest BCUT2D eigenvalue weighted by molar-refractivity contribution is -0.119. The van der Waals surface area contributed by atoms with Crippen LogP contribution in [0.2, 0.25) is 0 Å². The number of alkyl halides is 3. The molecule has 0 aromatic heterocycles. The van der Waals surface area contributed by atoms with E-state index in [1.54, 1.807) is 36.4 Å². The molecule has 190 valence electrons. The summed E-state index contributed by atoms with van der Waals surface area (Å²) in [5.74, 6) is -2.18. The number of likely N-dealkylation sites (N-methyl/N-ethyl adjacent to an activating group) is 1. The molecule has 1 atom stereocenters. The molecule has 1 fully saturated rings. The van der Waals surface area contributed by atoms with Crippen molar-refractivity contribution in [1.29, 1.82) is 10.5 Å². The van der Waals surface area contributed by atoms with Gasteiger partial charge >= 0.3 is 6.03 Å². The molecule has 1 aliphatic heterocycles. The number of amidine groups is 1. The molecule has 0 bridgehead atoms. The summed E-state index contributed by atoms with van der Waals surface area (Å²) in [6, 6.07) is 21.2. The van der Waals surface area contributed by atoms with Gasteiger partial charge in [0.1, 0.15) is 18.0 Å². The van der Waals surface area contributed by atoms with Gasteiger partial charge in [-0.2, -0.15) is 10.5 Å². The van der Waals surface area contributed by atoms with Crippen LogP contribution >= 0.6 is 34.8 Å². The lowest BCUT2D eigenvalue weighted by atomic mass is 10.1. The molecule has 0 N–H and O–H groups in total. The summed E-state index contributed by atoms with van der Waals surface area (Å²) >= 11 is 19.3. The van der Waals surface area contributed by atoms with Crippen molar-refractivity contribution in [3.05, 3.63) is 89.7 Å². The number of urea groups is 1. The van der Waals surface area contributed by atoms with Crippen LogP contribution in [0.4, 0.5) is 26.2 Å². The van der Waals surface area contributed by atoms with Crippen LogP contribution in [-0.2, 0) is 4.79 Å². The molecule has 0 saturated carbocycles. The van der Waals surface area contributed by atoms with Gasteiger partial charge in [0.15, 0.2) is 6.17 Å². The first-order chi connectivity index (χ1) is 18.1. The van der Waals surface area contributed by atoms with Crippen molar-refractivity contribution in [2.24, 2.45) is 4.99 Å². The highest BCUT2D eigenvalue weighted by atomic mass is 35.6. The van der Waals surface area contributed by atoms with E-state index < -0.39 is 33.5 Å². The minimum Gasteiger partial charge on any atom is -0.312 e. The summed E-state index contributed by atoms with van der Waals surface area (Å²) in [7, 11) is 1.21. The van der Waals surface area contributed by atoms with Crippen LogP contribution in [0.3, 0.4) is 0 Å². The maximum absolute atomic E-state index is 14.8. The van der Waals surface area contributed by atoms with E-state index in [2.05, 4.69) is 17.1 Å². The number of para-hydroxylation sites is 3. The fraction of sp³-hybridized carbons (Fsp3) is 0.115. The number of hydrogen-bond acceptors (Lipinski definition) is 6. The zero-order chi connectivity index (χ0) is 27.6. The lowest BCUT2D eigenvalue weighted by Crippen LogP contribution is -2.43. The summed E-state index contributed by atoms with van der Waals surface area (Å²) in [5.41, 5.74) is 0.480. The van der Waals surface area contributed by atoms with Crippen molar-refractivity contribution in [3.8, 4) is 12.1 Å². The number of carbonyl (C=O) groups excluding carboxylic acids is 2. The Balaban J connectivity index is 2.03. The standard InChI is InChI=1S/C26H16Cl3FN6O2/c1-34-23(37)22(36(25(34)38)21-13-7-4-10-18(21)30)33-24(26(27,28)29)35(19-11-5-2-8-16(19)14-31)20-12-6-3-9-17(20)15-32/h2-13,24H,1H3. The maximum Gasteiger partial charge on any atom is 0.337 e. The van der Waals surface area contributed by atoms with Gasteiger partial charge in [0.25, 0.3) is 5.91 Å². The van der Waals surface area contributed by atoms with Gasteiger partial charge in [-0.3, -0.25) is 9.69 Å². The predicted molar refractivity (Wildman–Crippen MR) is 143 cm³/mol. The van der Waals surface area contributed by atoms with Gasteiger partial charge < -0.3 is 4.90 Å². The molecular formula is C26H16Cl3FN6O2. The molecule has 8 nitrogen and oxygen atoms in total. The van der Waals surface area contributed by atoms with Crippen LogP contribution in [0.25, 0.3) is 0 Å². The fourth-order valence-corrected chi connectivity index (χ4v) is 4.32. The number of carbonyl (C=O) groups is 2. The SMILES string of the molecule is CN1C(=O)C(=NC(N(c2ccccc2C#N)c2ccccc2C#N)C(Cl)(Cl)Cl)N(c2ccccc2F)C1=O. The Labute approximate surface area is 232 Å². The van der Waals surface area contributed by atoms with Gasteiger partial charge in [-0.1, -0.05) is 71.2 Å². The van der Waals surface area contributed by atoms with Crippen molar-refractivity contribution in [2.75, 3.05) is 16.8 Å². The van der Waals surface area contributed by atoms with Crippen LogP contribution in [0.5, 0.6) is 0 Å². The highest BCUT2D eigenvalue weighted by Crippen LogP contribution is 2.43. The van der Waals surface area contributed by atoms with Gasteiger partial charge in [0.2, 0.25) is 9.63 Å². The molecular weight excluding hydrogens is 554 g/mol. The van der Waals surface area contributed by atoms with Crippen molar-refractivity contribution in [3.63, 3.8) is 0 Å². The summed E-state index contributed by atoms with van der Waals surface area (Å²) in [4.78, 5) is 33.4. The van der Waals surface area contributed by atoms with Gasteiger partial charge in [0.05, 0.1) is 28.2 Å². The maximum atomic E-state index is 14.8. The number of benzene rings is 3. The first-order valence-corrected chi connectivity index (χ1v) is 12.0. The molecule has 1 aliphatic rings. The molecule has 0 radical (unpaired) electrons. The third kappa shape index (κ3) is 4.88. The third-order valence-electron chi connectivity index (χ3n) is 5.63. The summed E-state index contributed by atoms with van der Waals surface area (Å²) in [6.45, 7) is 0. The molecule has 3 aromatic rings. The van der Waals surface area contributed by atoms with Crippen LogP contribution in [0.1, 0.15) is 11.1 Å². The van der Waals surface area contributed by atoms with E-state index in [9.17, 15) is 24.5 Å². The highest BCUT2D eigenvalue weighted by Gasteiger charge is 2.46. The predicted octanol–water partition coefficient (Wildman–Crippen LogP) is 5.90. The fourth-order valence-electron chi connectivity index (χ4n) is 3.88. The molecule has 12 heteroatoms. The van der Waals surface area contributed by atoms with E-state index >= 15 is 0 Å². The topological polar surface area (TPSA) is 104 Å². The second-order valence-corrected chi connectivity index (χ2v) is 10.3. The molecule has 0 aliphatic carbocycles. The normalized spacial score (nSPS) is 15.4. The van der Waals surface area contributed by atoms with Gasteiger partial charge in [-0.15, -0.1) is 0 Å². The van der Waals surface area contributed by atoms with Gasteiger partial charge in [-0.05, 0) is 36.4 Å². The second-order valence-electron chi connectivity index (χ2n) is 7.93. The lowest BCUT2D eigenvalue weighted by Gasteiger charge is -2.36. The number of nitrogens with zero attached hydrogens (tertiary/aromatic N) is 6. The zero-order valence-corrected chi connectivity index (χ0v) is 21.8. The molecule has 3 aromatic carbocycles. The number of imide groups is 1. The van der Waals surface area contributed by atoms with E-state index in [0.29, 0.717) is 0 Å². The molecule has 1 heterocycles. The number of rotatable bonds is 5. The number of nitriles is 2. The number of aliphatic imine (C=N–C) groups is 1. The zero-order valence-electron chi connectivity index (χ0n) is 19.5. The number of halogens is 4. The number of anilines is 3. The Morgan fingerprint density at radius 1 is 0.895 bits per heavy atom. The Morgan fingerprint density at radius 3 is 1.89 bits per heavy atom. The minimum atomic E-state index is -2.29. The smallest absolute Gasteiger partial charge is 0.312 e. The average Bonchev–Trinajstić information content (AvgIpc) is 3.11. The van der Waals surface area contributed by atoms with E-state index in [1.807, 2.05) is 0 Å². The Morgan fingerprint density at radius 2 is 1.39 bits per heavy atom. The summed E-state index contributed by atoms with van der Waals surface area (Å²) in [6.07, 6.45) is -1.61. The monoisotopic (exact) mass is 568 g/mol. The van der Waals surface area contributed by atoms with E-state index in [4.69, 9.17) is 34.8 Å². The van der Waals surface area contributed by atoms with Crippen molar-refractivity contribution in [2.45, 2.75) is 9.96 Å². The molecule has 3 amide bonds. The first kappa shape index (κ1) is 26.9. The quantitative estimate of drug-likeness (QED) is 0.281. The minimum absolute atomic E-state index is 0.150. The van der Waals surface area contributed by atoms with Crippen molar-refractivity contribution in [1.82, 2.24) is 4.90 Å². The number of hydrogen-bond donors (Lipinski definition) is 0. The molecule has 1 saturated heterocycles. The van der Waals surface area contributed by atoms with E-state index in [0.717, 1.165) is 15.9 Å². The average molecular weight is 570 g/mol.